The van der Waals surface area contributed by atoms with E-state index >= 15 is 0 Å². The van der Waals surface area contributed by atoms with Crippen LogP contribution in [0.2, 0.25) is 5.02 Å². The number of anilines is 1. The number of aromatic amines is 1. The van der Waals surface area contributed by atoms with Gasteiger partial charge < -0.3 is 10.3 Å². The molecule has 0 atom stereocenters. The first-order valence-corrected chi connectivity index (χ1v) is 9.06. The third-order valence-electron chi connectivity index (χ3n) is 4.37. The molecular formula is C21H14ClN5O2. The van der Waals surface area contributed by atoms with Crippen LogP contribution in [0.15, 0.2) is 65.6 Å². The fourth-order valence-corrected chi connectivity index (χ4v) is 3.12. The van der Waals surface area contributed by atoms with Gasteiger partial charge in [-0.2, -0.15) is 10.4 Å². The quantitative estimate of drug-likeness (QED) is 0.543. The van der Waals surface area contributed by atoms with E-state index in [1.807, 2.05) is 0 Å². The van der Waals surface area contributed by atoms with Gasteiger partial charge in [0.15, 0.2) is 0 Å². The smallest absolute Gasteiger partial charge is 0.267 e. The Hall–Kier alpha value is -3.89. The topological polar surface area (TPSA) is 104 Å². The average molecular weight is 404 g/mol. The van der Waals surface area contributed by atoms with Crippen LogP contribution < -0.4 is 10.9 Å². The molecule has 0 spiro atoms. The van der Waals surface area contributed by atoms with Crippen molar-refractivity contribution < 1.29 is 4.79 Å². The van der Waals surface area contributed by atoms with Crippen LogP contribution in [0.4, 0.5) is 5.69 Å². The lowest BCUT2D eigenvalue weighted by atomic mass is 10.1. The molecular weight excluding hydrogens is 390 g/mol. The lowest BCUT2D eigenvalue weighted by molar-refractivity contribution is -0.117. The Morgan fingerprint density at radius 1 is 1.17 bits per heavy atom. The molecule has 0 radical (unpaired) electrons. The highest BCUT2D eigenvalue weighted by molar-refractivity contribution is 6.30. The number of hydrogen-bond donors (Lipinski definition) is 2. The van der Waals surface area contributed by atoms with Crippen LogP contribution in [0.1, 0.15) is 5.56 Å². The van der Waals surface area contributed by atoms with Crippen molar-refractivity contribution in [2.75, 3.05) is 5.32 Å². The number of H-pyrrole nitrogens is 1. The number of aromatic nitrogens is 3. The van der Waals surface area contributed by atoms with Crippen molar-refractivity contribution in [2.24, 2.45) is 0 Å². The van der Waals surface area contributed by atoms with E-state index in [0.717, 1.165) is 21.1 Å². The molecule has 2 heterocycles. The monoisotopic (exact) mass is 403 g/mol. The van der Waals surface area contributed by atoms with E-state index < -0.39 is 11.5 Å². The van der Waals surface area contributed by atoms with Crippen LogP contribution in [0.5, 0.6) is 0 Å². The van der Waals surface area contributed by atoms with Crippen molar-refractivity contribution >= 4 is 34.1 Å². The fraction of sp³-hybridized carbons (Fsp3) is 0.0476. The third-order valence-corrected chi connectivity index (χ3v) is 4.62. The van der Waals surface area contributed by atoms with Crippen molar-refractivity contribution in [1.82, 2.24) is 14.8 Å². The maximum Gasteiger partial charge on any atom is 0.267 e. The molecule has 0 aliphatic heterocycles. The van der Waals surface area contributed by atoms with Gasteiger partial charge in [0, 0.05) is 33.8 Å². The van der Waals surface area contributed by atoms with E-state index in [2.05, 4.69) is 21.5 Å². The van der Waals surface area contributed by atoms with Crippen LogP contribution in [0, 0.1) is 11.3 Å². The number of nitriles is 1. The Morgan fingerprint density at radius 3 is 2.72 bits per heavy atom. The van der Waals surface area contributed by atoms with Crippen LogP contribution in [0.3, 0.4) is 0 Å². The first-order valence-electron chi connectivity index (χ1n) is 8.69. The van der Waals surface area contributed by atoms with Gasteiger partial charge in [-0.1, -0.05) is 23.7 Å². The first kappa shape index (κ1) is 18.5. The number of nitrogens with one attached hydrogen (secondary N) is 2. The predicted molar refractivity (Wildman–Crippen MR) is 111 cm³/mol. The molecule has 4 rings (SSSR count). The summed E-state index contributed by atoms with van der Waals surface area (Å²) in [6.07, 6.45) is 1.73. The molecule has 4 aromatic rings. The Bertz CT molecular complexity index is 1320. The molecule has 142 valence electrons. The van der Waals surface area contributed by atoms with E-state index in [-0.39, 0.29) is 6.54 Å². The lowest BCUT2D eigenvalue weighted by Gasteiger charge is -2.10. The fourth-order valence-electron chi connectivity index (χ4n) is 3.00. The van der Waals surface area contributed by atoms with Crippen LogP contribution >= 0.6 is 11.6 Å². The normalized spacial score (nSPS) is 10.6. The molecule has 7 nitrogen and oxygen atoms in total. The summed E-state index contributed by atoms with van der Waals surface area (Å²) in [7, 11) is 0. The molecule has 2 N–H and O–H groups in total. The Balaban J connectivity index is 1.60. The molecule has 2 aromatic carbocycles. The summed E-state index contributed by atoms with van der Waals surface area (Å²) >= 11 is 5.91. The molecule has 0 aliphatic rings. The molecule has 2 aromatic heterocycles. The Kier molecular flexibility index (Phi) is 4.85. The lowest BCUT2D eigenvalue weighted by Crippen LogP contribution is -2.29. The highest BCUT2D eigenvalue weighted by Crippen LogP contribution is 2.24. The molecule has 29 heavy (non-hydrogen) atoms. The molecule has 0 unspecified atom stereocenters. The number of rotatable bonds is 4. The van der Waals surface area contributed by atoms with Gasteiger partial charge in [-0.3, -0.25) is 9.59 Å². The first-order chi connectivity index (χ1) is 14.0. The van der Waals surface area contributed by atoms with Crippen molar-refractivity contribution in [3.63, 3.8) is 0 Å². The van der Waals surface area contributed by atoms with E-state index in [1.165, 1.54) is 6.07 Å². The maximum atomic E-state index is 12.6. The second-order valence-corrected chi connectivity index (χ2v) is 6.78. The maximum absolute atomic E-state index is 12.6. The zero-order valence-electron chi connectivity index (χ0n) is 15.0. The summed E-state index contributed by atoms with van der Waals surface area (Å²) in [4.78, 5) is 27.8. The van der Waals surface area contributed by atoms with Gasteiger partial charge in [0.05, 0.1) is 23.0 Å². The van der Waals surface area contributed by atoms with Crippen LogP contribution in [-0.2, 0) is 11.3 Å². The van der Waals surface area contributed by atoms with E-state index in [0.29, 0.717) is 22.0 Å². The minimum Gasteiger partial charge on any atom is -0.361 e. The Morgan fingerprint density at radius 2 is 1.97 bits per heavy atom. The van der Waals surface area contributed by atoms with Crippen molar-refractivity contribution in [1.29, 1.82) is 5.26 Å². The largest absolute Gasteiger partial charge is 0.361 e. The molecule has 1 amide bonds. The van der Waals surface area contributed by atoms with Crippen molar-refractivity contribution in [2.45, 2.75) is 6.54 Å². The minimum atomic E-state index is -0.426. The van der Waals surface area contributed by atoms with E-state index in [4.69, 9.17) is 11.6 Å². The summed E-state index contributed by atoms with van der Waals surface area (Å²) in [6, 6.07) is 17.2. The number of benzene rings is 2. The molecule has 0 fully saturated rings. The van der Waals surface area contributed by atoms with Gasteiger partial charge in [-0.05, 0) is 36.4 Å². The van der Waals surface area contributed by atoms with Gasteiger partial charge >= 0.3 is 0 Å². The molecule has 0 bridgehead atoms. The molecule has 0 saturated carbocycles. The number of carbonyl (C=O) groups excluding carboxylic acids is 1. The van der Waals surface area contributed by atoms with Gasteiger partial charge in [0.25, 0.3) is 5.56 Å². The van der Waals surface area contributed by atoms with Crippen molar-refractivity contribution in [3.05, 3.63) is 81.7 Å². The molecule has 0 saturated heterocycles. The summed E-state index contributed by atoms with van der Waals surface area (Å²) in [5.41, 5.74) is 2.57. The summed E-state index contributed by atoms with van der Waals surface area (Å²) in [6.45, 7) is -0.261. The van der Waals surface area contributed by atoms with Gasteiger partial charge in [0.2, 0.25) is 5.91 Å². The standard InChI is InChI=1S/C21H14ClN5O2/c22-15-3-1-14(2-4-15)17-5-6-21(29)27(26-17)12-20(28)25-19-10-13(11-23)9-18-16(19)7-8-24-18/h1-10,24H,12H2,(H,25,28). The van der Waals surface area contributed by atoms with Gasteiger partial charge in [0.1, 0.15) is 6.54 Å². The zero-order chi connectivity index (χ0) is 20.4. The molecule has 0 aliphatic carbocycles. The van der Waals surface area contributed by atoms with Crippen LogP contribution in [0.25, 0.3) is 22.2 Å². The number of nitrogens with zero attached hydrogens (tertiary/aromatic N) is 3. The number of halogens is 1. The highest BCUT2D eigenvalue weighted by Gasteiger charge is 2.12. The second-order valence-electron chi connectivity index (χ2n) is 6.34. The van der Waals surface area contributed by atoms with E-state index in [1.54, 1.807) is 54.7 Å². The number of fused-ring (bicyclic) bond motifs is 1. The van der Waals surface area contributed by atoms with Crippen molar-refractivity contribution in [3.8, 4) is 17.3 Å². The number of carbonyl (C=O) groups is 1. The SMILES string of the molecule is N#Cc1cc(NC(=O)Cn2nc(-c3ccc(Cl)cc3)ccc2=O)c2cc[nH]c2c1. The predicted octanol–water partition coefficient (Wildman–Crippen LogP) is 3.56. The summed E-state index contributed by atoms with van der Waals surface area (Å²) < 4.78 is 1.10. The Labute approximate surface area is 170 Å². The number of amides is 1. The van der Waals surface area contributed by atoms with Crippen LogP contribution in [-0.4, -0.2) is 20.7 Å². The molecule has 8 heteroatoms. The third kappa shape index (κ3) is 3.88. The second kappa shape index (κ2) is 7.62. The van der Waals surface area contributed by atoms with E-state index in [9.17, 15) is 14.9 Å². The number of hydrogen-bond acceptors (Lipinski definition) is 4. The minimum absolute atomic E-state index is 0.261. The highest BCUT2D eigenvalue weighted by atomic mass is 35.5. The summed E-state index contributed by atoms with van der Waals surface area (Å²) in [5, 5.41) is 17.6. The zero-order valence-corrected chi connectivity index (χ0v) is 15.8. The summed E-state index contributed by atoms with van der Waals surface area (Å²) in [5.74, 6) is -0.426. The van der Waals surface area contributed by atoms with Gasteiger partial charge in [-0.25, -0.2) is 4.68 Å². The average Bonchev–Trinajstić information content (AvgIpc) is 3.19. The van der Waals surface area contributed by atoms with Gasteiger partial charge in [-0.15, -0.1) is 0 Å².